The third kappa shape index (κ3) is 5.26. The smallest absolute Gasteiger partial charge is 0.404 e. The van der Waals surface area contributed by atoms with Gasteiger partial charge in [0, 0.05) is 0 Å². The maximum atomic E-state index is 12.0. The first kappa shape index (κ1) is 15.4. The Labute approximate surface area is 107 Å². The lowest BCUT2D eigenvalue weighted by molar-refractivity contribution is -0.308. The Morgan fingerprint density at radius 2 is 1.79 bits per heavy atom. The lowest BCUT2D eigenvalue weighted by Gasteiger charge is -2.20. The number of aliphatic carboxylic acids is 1. The van der Waals surface area contributed by atoms with E-state index in [0.29, 0.717) is 0 Å². The predicted molar refractivity (Wildman–Crippen MR) is 57.2 cm³/mol. The third-order valence-corrected chi connectivity index (χ3v) is 3.32. The van der Waals surface area contributed by atoms with Gasteiger partial charge in [0.05, 0.1) is 12.0 Å². The summed E-state index contributed by atoms with van der Waals surface area (Å²) in [5.41, 5.74) is -0.0201. The van der Waals surface area contributed by atoms with E-state index >= 15 is 0 Å². The molecule has 1 unspecified atom stereocenters. The summed E-state index contributed by atoms with van der Waals surface area (Å²) < 4.78 is 59.9. The highest BCUT2D eigenvalue weighted by molar-refractivity contribution is 7.89. The molecule has 0 saturated heterocycles. The van der Waals surface area contributed by atoms with Crippen molar-refractivity contribution in [1.29, 1.82) is 0 Å². The highest BCUT2D eigenvalue weighted by Gasteiger charge is 2.36. The van der Waals surface area contributed by atoms with Crippen molar-refractivity contribution >= 4 is 16.0 Å². The molecule has 0 bridgehead atoms. The molecule has 106 valence electrons. The fourth-order valence-electron chi connectivity index (χ4n) is 1.33. The molecule has 0 aliphatic carbocycles. The molecular weight excluding hydrogens is 287 g/mol. The van der Waals surface area contributed by atoms with E-state index in [2.05, 4.69) is 0 Å². The van der Waals surface area contributed by atoms with E-state index in [1.807, 2.05) is 0 Å². The monoisotopic (exact) mass is 296 g/mol. The van der Waals surface area contributed by atoms with Crippen molar-refractivity contribution in [2.45, 2.75) is 12.2 Å². The second kappa shape index (κ2) is 5.57. The number of alkyl halides is 3. The van der Waals surface area contributed by atoms with Crippen molar-refractivity contribution in [3.05, 3.63) is 35.9 Å². The summed E-state index contributed by atoms with van der Waals surface area (Å²) in [4.78, 5) is 10.8. The molecule has 0 heterocycles. The Kier molecular flexibility index (Phi) is 4.53. The van der Waals surface area contributed by atoms with Crippen LogP contribution in [0.15, 0.2) is 30.3 Å². The number of hydrogen-bond donors (Lipinski definition) is 1. The van der Waals surface area contributed by atoms with Crippen molar-refractivity contribution in [2.24, 2.45) is 0 Å². The Morgan fingerprint density at radius 3 is 2.21 bits per heavy atom. The van der Waals surface area contributed by atoms with Crippen LogP contribution in [0.2, 0.25) is 0 Å². The SMILES string of the molecule is O=C([O-])C(NS(=O)(=O)CC(F)(F)F)c1ccccc1. The molecule has 0 aliphatic heterocycles. The zero-order valence-electron chi connectivity index (χ0n) is 9.35. The second-order valence-electron chi connectivity index (χ2n) is 3.65. The molecule has 0 saturated carbocycles. The van der Waals surface area contributed by atoms with Crippen LogP contribution in [-0.4, -0.2) is 26.3 Å². The molecule has 0 spiro atoms. The van der Waals surface area contributed by atoms with Crippen LogP contribution in [0.4, 0.5) is 13.2 Å². The van der Waals surface area contributed by atoms with Crippen LogP contribution in [0.25, 0.3) is 0 Å². The molecule has 0 aromatic heterocycles. The van der Waals surface area contributed by atoms with Gasteiger partial charge in [-0.2, -0.15) is 13.2 Å². The molecule has 1 rings (SSSR count). The molecule has 1 aromatic carbocycles. The largest absolute Gasteiger partial charge is 0.548 e. The quantitative estimate of drug-likeness (QED) is 0.826. The predicted octanol–water partition coefficient (Wildman–Crippen LogP) is -0.0407. The van der Waals surface area contributed by atoms with Gasteiger partial charge in [-0.05, 0) is 5.56 Å². The maximum Gasteiger partial charge on any atom is 0.404 e. The molecule has 1 atom stereocenters. The molecule has 19 heavy (non-hydrogen) atoms. The van der Waals surface area contributed by atoms with E-state index in [1.54, 1.807) is 6.07 Å². The van der Waals surface area contributed by atoms with Crippen molar-refractivity contribution in [2.75, 3.05) is 5.75 Å². The Morgan fingerprint density at radius 1 is 1.26 bits per heavy atom. The highest BCUT2D eigenvalue weighted by Crippen LogP contribution is 2.19. The summed E-state index contributed by atoms with van der Waals surface area (Å²) in [5.74, 6) is -3.99. The van der Waals surface area contributed by atoms with E-state index in [4.69, 9.17) is 0 Å². The summed E-state index contributed by atoms with van der Waals surface area (Å²) in [6, 6.07) is 5.04. The number of carboxylic acid groups (broad SMARTS) is 1. The number of sulfonamides is 1. The van der Waals surface area contributed by atoms with E-state index < -0.39 is 34.0 Å². The van der Waals surface area contributed by atoms with Crippen LogP contribution < -0.4 is 9.83 Å². The summed E-state index contributed by atoms with van der Waals surface area (Å²) >= 11 is 0. The number of carbonyl (C=O) groups is 1. The summed E-state index contributed by atoms with van der Waals surface area (Å²) in [7, 11) is -4.83. The third-order valence-electron chi connectivity index (χ3n) is 2.02. The Hall–Kier alpha value is -1.61. The molecular formula is C10H9F3NO4S-. The van der Waals surface area contributed by atoms with Crippen LogP contribution in [0.3, 0.4) is 0 Å². The van der Waals surface area contributed by atoms with Crippen LogP contribution in [0.5, 0.6) is 0 Å². The average Bonchev–Trinajstić information content (AvgIpc) is 2.23. The summed E-state index contributed by atoms with van der Waals surface area (Å²) in [6.07, 6.45) is -4.96. The number of rotatable bonds is 5. The van der Waals surface area contributed by atoms with Crippen LogP contribution in [-0.2, 0) is 14.8 Å². The van der Waals surface area contributed by atoms with E-state index in [-0.39, 0.29) is 5.56 Å². The molecule has 1 aromatic rings. The van der Waals surface area contributed by atoms with Crippen molar-refractivity contribution < 1.29 is 31.5 Å². The lowest BCUT2D eigenvalue weighted by Crippen LogP contribution is -2.44. The summed E-state index contributed by atoms with van der Waals surface area (Å²) in [5, 5.41) is 10.8. The molecule has 5 nitrogen and oxygen atoms in total. The van der Waals surface area contributed by atoms with Gasteiger partial charge in [-0.1, -0.05) is 30.3 Å². The van der Waals surface area contributed by atoms with E-state index in [9.17, 15) is 31.5 Å². The van der Waals surface area contributed by atoms with Crippen molar-refractivity contribution in [3.63, 3.8) is 0 Å². The minimum Gasteiger partial charge on any atom is -0.548 e. The molecule has 0 fully saturated rings. The van der Waals surface area contributed by atoms with Crippen LogP contribution in [0.1, 0.15) is 11.6 Å². The van der Waals surface area contributed by atoms with Gasteiger partial charge in [-0.3, -0.25) is 0 Å². The lowest BCUT2D eigenvalue weighted by atomic mass is 10.1. The summed E-state index contributed by atoms with van der Waals surface area (Å²) in [6.45, 7) is 0. The molecule has 0 aliphatic rings. The number of carboxylic acids is 1. The molecule has 1 N–H and O–H groups in total. The topological polar surface area (TPSA) is 86.3 Å². The van der Waals surface area contributed by atoms with Gasteiger partial charge in [0.15, 0.2) is 5.75 Å². The van der Waals surface area contributed by atoms with Gasteiger partial charge in [0.1, 0.15) is 0 Å². The van der Waals surface area contributed by atoms with Crippen LogP contribution in [0, 0.1) is 0 Å². The molecule has 0 radical (unpaired) electrons. The number of hydrogen-bond acceptors (Lipinski definition) is 4. The Balaban J connectivity index is 2.96. The zero-order valence-corrected chi connectivity index (χ0v) is 10.2. The minimum atomic E-state index is -4.96. The van der Waals surface area contributed by atoms with Gasteiger partial charge < -0.3 is 9.90 Å². The number of nitrogens with one attached hydrogen (secondary N) is 1. The minimum absolute atomic E-state index is 0.0201. The second-order valence-corrected chi connectivity index (χ2v) is 5.41. The van der Waals surface area contributed by atoms with Gasteiger partial charge >= 0.3 is 6.18 Å². The first-order valence-electron chi connectivity index (χ1n) is 4.93. The van der Waals surface area contributed by atoms with E-state index in [1.165, 1.54) is 29.0 Å². The standard InChI is InChI=1S/C10H10F3NO4S/c11-10(12,13)6-19(17,18)14-8(9(15)16)7-4-2-1-3-5-7/h1-5,8,14H,6H2,(H,15,16)/p-1. The number of carbonyl (C=O) groups excluding carboxylic acids is 1. The molecule has 9 heteroatoms. The normalized spacial score (nSPS) is 14.1. The first-order valence-corrected chi connectivity index (χ1v) is 6.58. The van der Waals surface area contributed by atoms with Crippen molar-refractivity contribution in [1.82, 2.24) is 4.72 Å². The number of benzene rings is 1. The fraction of sp³-hybridized carbons (Fsp3) is 0.300. The Bertz CT molecular complexity index is 542. The maximum absolute atomic E-state index is 12.0. The average molecular weight is 296 g/mol. The van der Waals surface area contributed by atoms with Crippen LogP contribution >= 0.6 is 0 Å². The highest BCUT2D eigenvalue weighted by atomic mass is 32.2. The first-order chi connectivity index (χ1) is 8.61. The van der Waals surface area contributed by atoms with E-state index in [0.717, 1.165) is 0 Å². The van der Waals surface area contributed by atoms with Gasteiger partial charge in [0.25, 0.3) is 0 Å². The van der Waals surface area contributed by atoms with Gasteiger partial charge in [-0.25, -0.2) is 13.1 Å². The fourth-order valence-corrected chi connectivity index (χ4v) is 2.44. The molecule has 0 amide bonds. The number of halogens is 3. The van der Waals surface area contributed by atoms with Crippen molar-refractivity contribution in [3.8, 4) is 0 Å². The van der Waals surface area contributed by atoms with Gasteiger partial charge in [-0.15, -0.1) is 0 Å². The van der Waals surface area contributed by atoms with Gasteiger partial charge in [0.2, 0.25) is 10.0 Å². The zero-order chi connectivity index (χ0) is 14.7.